The summed E-state index contributed by atoms with van der Waals surface area (Å²) in [6.07, 6.45) is 1.62. The van der Waals surface area contributed by atoms with Gasteiger partial charge in [0.25, 0.3) is 0 Å². The van der Waals surface area contributed by atoms with Gasteiger partial charge in [0.05, 0.1) is 12.1 Å². The Bertz CT molecular complexity index is 777. The van der Waals surface area contributed by atoms with Crippen LogP contribution in [0.15, 0.2) is 60.7 Å². The molecule has 5 heteroatoms. The minimum absolute atomic E-state index is 0.0119. The van der Waals surface area contributed by atoms with E-state index in [1.165, 1.54) is 0 Å². The zero-order chi connectivity index (χ0) is 19.4. The first kappa shape index (κ1) is 19.1. The molecule has 3 rings (SSSR count). The number of nitrogens with one attached hydrogen (secondary N) is 1. The van der Waals surface area contributed by atoms with Crippen LogP contribution in [-0.2, 0) is 9.59 Å². The highest BCUT2D eigenvalue weighted by Crippen LogP contribution is 2.36. The van der Waals surface area contributed by atoms with Gasteiger partial charge in [-0.1, -0.05) is 60.7 Å². The molecule has 0 bridgehead atoms. The topological polar surface area (TPSA) is 75.4 Å². The Morgan fingerprint density at radius 1 is 1.04 bits per heavy atom. The Morgan fingerprint density at radius 3 is 2.15 bits per heavy atom. The van der Waals surface area contributed by atoms with Crippen molar-refractivity contribution in [2.45, 2.75) is 43.8 Å². The zero-order valence-electron chi connectivity index (χ0n) is 15.8. The summed E-state index contributed by atoms with van der Waals surface area (Å²) < 4.78 is 0. The van der Waals surface area contributed by atoms with Crippen molar-refractivity contribution in [1.82, 2.24) is 10.2 Å². The molecule has 1 aliphatic heterocycles. The van der Waals surface area contributed by atoms with Crippen LogP contribution in [0.25, 0.3) is 0 Å². The van der Waals surface area contributed by atoms with Gasteiger partial charge in [-0.05, 0) is 30.9 Å². The Morgan fingerprint density at radius 2 is 1.59 bits per heavy atom. The number of likely N-dealkylation sites (N-methyl/N-ethyl adjacent to an activating group) is 1. The first-order valence-electron chi connectivity index (χ1n) is 9.41. The molecule has 3 N–H and O–H groups in total. The fraction of sp³-hybridized carbons (Fsp3) is 0.364. The van der Waals surface area contributed by atoms with Gasteiger partial charge in [0, 0.05) is 13.0 Å². The highest BCUT2D eigenvalue weighted by molar-refractivity contribution is 5.90. The third kappa shape index (κ3) is 4.19. The molecule has 0 radical (unpaired) electrons. The molecule has 1 saturated heterocycles. The molecular weight excluding hydrogens is 338 g/mol. The molecular formula is C22H27N3O2. The van der Waals surface area contributed by atoms with Crippen LogP contribution in [0.5, 0.6) is 0 Å². The second-order valence-electron chi connectivity index (χ2n) is 7.25. The van der Waals surface area contributed by atoms with Crippen LogP contribution in [0.2, 0.25) is 0 Å². The summed E-state index contributed by atoms with van der Waals surface area (Å²) in [4.78, 5) is 27.4. The van der Waals surface area contributed by atoms with Crippen molar-refractivity contribution in [2.24, 2.45) is 5.73 Å². The number of hydrogen-bond acceptors (Lipinski definition) is 3. The molecule has 142 valence electrons. The van der Waals surface area contributed by atoms with Crippen LogP contribution in [-0.4, -0.2) is 35.8 Å². The van der Waals surface area contributed by atoms with E-state index in [4.69, 9.17) is 5.73 Å². The summed E-state index contributed by atoms with van der Waals surface area (Å²) in [5.41, 5.74) is 7.91. The number of amides is 2. The number of rotatable bonds is 4. The molecule has 1 aliphatic rings. The number of nitrogens with two attached hydrogens (primary N) is 1. The van der Waals surface area contributed by atoms with Gasteiger partial charge in [-0.2, -0.15) is 0 Å². The SMILES string of the molecule is C[C@H](N)C(=O)N[C@@H]1C(=O)N(C)[C@H](c2ccccc2)CC[C@H]1c1ccccc1. The second-order valence-corrected chi connectivity index (χ2v) is 7.25. The number of benzene rings is 2. The standard InChI is InChI=1S/C22H27N3O2/c1-15(23)21(26)24-20-18(16-9-5-3-6-10-16)13-14-19(25(2)22(20)27)17-11-7-4-8-12-17/h3-12,15,18-20H,13-14,23H2,1-2H3,(H,24,26)/t15-,18-,19-,20-/m0/s1. The van der Waals surface area contributed by atoms with E-state index in [1.54, 1.807) is 11.8 Å². The van der Waals surface area contributed by atoms with E-state index in [2.05, 4.69) is 5.32 Å². The Labute approximate surface area is 160 Å². The van der Waals surface area contributed by atoms with E-state index >= 15 is 0 Å². The molecule has 1 fully saturated rings. The number of carbonyl (C=O) groups is 2. The molecule has 0 aromatic heterocycles. The fourth-order valence-corrected chi connectivity index (χ4v) is 3.81. The average Bonchev–Trinajstić information content (AvgIpc) is 2.81. The predicted octanol–water partition coefficient (Wildman–Crippen LogP) is 2.60. The maximum atomic E-state index is 13.3. The summed E-state index contributed by atoms with van der Waals surface area (Å²) in [5, 5.41) is 2.90. The Hall–Kier alpha value is -2.66. The maximum absolute atomic E-state index is 13.3. The average molecular weight is 365 g/mol. The van der Waals surface area contributed by atoms with E-state index < -0.39 is 12.1 Å². The van der Waals surface area contributed by atoms with Crippen molar-refractivity contribution < 1.29 is 9.59 Å². The third-order valence-corrected chi connectivity index (χ3v) is 5.36. The normalized spacial score (nSPS) is 24.2. The van der Waals surface area contributed by atoms with Gasteiger partial charge in [-0.15, -0.1) is 0 Å². The van der Waals surface area contributed by atoms with Crippen LogP contribution in [0, 0.1) is 0 Å². The number of likely N-dealkylation sites (tertiary alicyclic amines) is 1. The molecule has 5 nitrogen and oxygen atoms in total. The third-order valence-electron chi connectivity index (χ3n) is 5.36. The summed E-state index contributed by atoms with van der Waals surface area (Å²) in [6, 6.07) is 18.7. The molecule has 2 aromatic rings. The van der Waals surface area contributed by atoms with E-state index in [-0.39, 0.29) is 23.8 Å². The smallest absolute Gasteiger partial charge is 0.246 e. The van der Waals surface area contributed by atoms with Crippen molar-refractivity contribution in [1.29, 1.82) is 0 Å². The molecule has 4 atom stereocenters. The molecule has 2 amide bonds. The van der Waals surface area contributed by atoms with Crippen molar-refractivity contribution in [3.63, 3.8) is 0 Å². The second kappa shape index (κ2) is 8.35. The number of hydrogen-bond donors (Lipinski definition) is 2. The van der Waals surface area contributed by atoms with Crippen LogP contribution in [0.1, 0.15) is 42.9 Å². The van der Waals surface area contributed by atoms with Crippen LogP contribution in [0.3, 0.4) is 0 Å². The monoisotopic (exact) mass is 365 g/mol. The van der Waals surface area contributed by atoms with Gasteiger partial charge >= 0.3 is 0 Å². The minimum atomic E-state index is -0.660. The molecule has 1 heterocycles. The first-order chi connectivity index (χ1) is 13.0. The Balaban J connectivity index is 1.96. The molecule has 0 saturated carbocycles. The number of carbonyl (C=O) groups excluding carboxylic acids is 2. The molecule has 2 aromatic carbocycles. The molecule has 0 unspecified atom stereocenters. The van der Waals surface area contributed by atoms with Gasteiger partial charge in [0.2, 0.25) is 11.8 Å². The van der Waals surface area contributed by atoms with Crippen LogP contribution < -0.4 is 11.1 Å². The largest absolute Gasteiger partial charge is 0.342 e. The van der Waals surface area contributed by atoms with Crippen molar-refractivity contribution in [2.75, 3.05) is 7.05 Å². The molecule has 27 heavy (non-hydrogen) atoms. The zero-order valence-corrected chi connectivity index (χ0v) is 15.8. The van der Waals surface area contributed by atoms with E-state index in [1.807, 2.05) is 67.7 Å². The lowest BCUT2D eigenvalue weighted by atomic mass is 9.86. The van der Waals surface area contributed by atoms with Gasteiger partial charge < -0.3 is 16.0 Å². The quantitative estimate of drug-likeness (QED) is 0.874. The fourth-order valence-electron chi connectivity index (χ4n) is 3.81. The molecule has 0 aliphatic carbocycles. The van der Waals surface area contributed by atoms with Crippen LogP contribution >= 0.6 is 0 Å². The van der Waals surface area contributed by atoms with Crippen molar-refractivity contribution >= 4 is 11.8 Å². The first-order valence-corrected chi connectivity index (χ1v) is 9.41. The maximum Gasteiger partial charge on any atom is 0.246 e. The summed E-state index contributed by atoms with van der Waals surface area (Å²) in [5.74, 6) is -0.470. The van der Waals surface area contributed by atoms with Crippen LogP contribution in [0.4, 0.5) is 0 Å². The van der Waals surface area contributed by atoms with Gasteiger partial charge in [-0.25, -0.2) is 0 Å². The Kier molecular flexibility index (Phi) is 5.91. The van der Waals surface area contributed by atoms with Gasteiger partial charge in [0.1, 0.15) is 6.04 Å². The van der Waals surface area contributed by atoms with Crippen molar-refractivity contribution in [3.8, 4) is 0 Å². The highest BCUT2D eigenvalue weighted by Gasteiger charge is 2.39. The lowest BCUT2D eigenvalue weighted by Gasteiger charge is -2.30. The van der Waals surface area contributed by atoms with Crippen molar-refractivity contribution in [3.05, 3.63) is 71.8 Å². The van der Waals surface area contributed by atoms with E-state index in [0.717, 1.165) is 24.0 Å². The predicted molar refractivity (Wildman–Crippen MR) is 106 cm³/mol. The summed E-state index contributed by atoms with van der Waals surface area (Å²) >= 11 is 0. The summed E-state index contributed by atoms with van der Waals surface area (Å²) in [6.45, 7) is 1.63. The van der Waals surface area contributed by atoms with E-state index in [9.17, 15) is 9.59 Å². The van der Waals surface area contributed by atoms with E-state index in [0.29, 0.717) is 0 Å². The lowest BCUT2D eigenvalue weighted by Crippen LogP contribution is -2.53. The van der Waals surface area contributed by atoms with Gasteiger partial charge in [0.15, 0.2) is 0 Å². The van der Waals surface area contributed by atoms with Gasteiger partial charge in [-0.3, -0.25) is 9.59 Å². The lowest BCUT2D eigenvalue weighted by molar-refractivity contribution is -0.137. The number of nitrogens with zero attached hydrogens (tertiary/aromatic N) is 1. The highest BCUT2D eigenvalue weighted by atomic mass is 16.2. The summed E-state index contributed by atoms with van der Waals surface area (Å²) in [7, 11) is 1.82. The minimum Gasteiger partial charge on any atom is -0.342 e. The molecule has 0 spiro atoms.